The summed E-state index contributed by atoms with van der Waals surface area (Å²) in [6, 6.07) is 3.87. The minimum atomic E-state index is 0.756. The number of H-pyrrole nitrogens is 1. The first-order chi connectivity index (χ1) is 7.40. The van der Waals surface area contributed by atoms with Gasteiger partial charge in [-0.05, 0) is 19.1 Å². The standard InChI is InChI=1S/C10H13N3OS/c1-2-14-6-7-15-10-12-8-4-3-5-11-9(8)13-10/h3-5H,2,6-7H2,1H3,(H,11,12,13). The number of hydrogen-bond donors (Lipinski definition) is 1. The fraction of sp³-hybridized carbons (Fsp3) is 0.400. The second-order valence-electron chi connectivity index (χ2n) is 2.96. The van der Waals surface area contributed by atoms with E-state index in [-0.39, 0.29) is 0 Å². The van der Waals surface area contributed by atoms with Gasteiger partial charge in [-0.2, -0.15) is 0 Å². The minimum Gasteiger partial charge on any atom is -0.381 e. The van der Waals surface area contributed by atoms with E-state index in [0.29, 0.717) is 0 Å². The highest BCUT2D eigenvalue weighted by atomic mass is 32.2. The van der Waals surface area contributed by atoms with Crippen LogP contribution in [0.2, 0.25) is 0 Å². The van der Waals surface area contributed by atoms with Crippen LogP contribution in [0.3, 0.4) is 0 Å². The van der Waals surface area contributed by atoms with Crippen LogP contribution in [-0.2, 0) is 4.74 Å². The van der Waals surface area contributed by atoms with E-state index >= 15 is 0 Å². The van der Waals surface area contributed by atoms with Crippen molar-refractivity contribution >= 4 is 22.9 Å². The third kappa shape index (κ3) is 2.70. The molecule has 0 amide bonds. The Hall–Kier alpha value is -1.07. The molecule has 0 unspecified atom stereocenters. The van der Waals surface area contributed by atoms with Crippen molar-refractivity contribution in [2.45, 2.75) is 12.1 Å². The average molecular weight is 223 g/mol. The van der Waals surface area contributed by atoms with E-state index in [1.165, 1.54) is 0 Å². The van der Waals surface area contributed by atoms with E-state index in [1.807, 2.05) is 19.1 Å². The summed E-state index contributed by atoms with van der Waals surface area (Å²) in [6.45, 7) is 3.52. The van der Waals surface area contributed by atoms with Crippen molar-refractivity contribution in [2.24, 2.45) is 0 Å². The van der Waals surface area contributed by atoms with E-state index in [2.05, 4.69) is 15.0 Å². The lowest BCUT2D eigenvalue weighted by molar-refractivity contribution is 0.164. The van der Waals surface area contributed by atoms with Gasteiger partial charge in [0.2, 0.25) is 0 Å². The topological polar surface area (TPSA) is 50.8 Å². The Labute approximate surface area is 92.5 Å². The van der Waals surface area contributed by atoms with Crippen molar-refractivity contribution < 1.29 is 4.74 Å². The Morgan fingerprint density at radius 2 is 2.47 bits per heavy atom. The highest BCUT2D eigenvalue weighted by molar-refractivity contribution is 7.99. The molecule has 0 aliphatic rings. The zero-order valence-electron chi connectivity index (χ0n) is 8.56. The van der Waals surface area contributed by atoms with Crippen LogP contribution in [0.15, 0.2) is 23.5 Å². The van der Waals surface area contributed by atoms with Crippen LogP contribution in [0.25, 0.3) is 11.2 Å². The molecule has 80 valence electrons. The molecule has 4 nitrogen and oxygen atoms in total. The van der Waals surface area contributed by atoms with Crippen molar-refractivity contribution in [1.82, 2.24) is 15.0 Å². The van der Waals surface area contributed by atoms with Crippen LogP contribution in [0, 0.1) is 0 Å². The van der Waals surface area contributed by atoms with Crippen molar-refractivity contribution in [3.63, 3.8) is 0 Å². The lowest BCUT2D eigenvalue weighted by Gasteiger charge is -1.97. The zero-order valence-corrected chi connectivity index (χ0v) is 9.38. The largest absolute Gasteiger partial charge is 0.381 e. The van der Waals surface area contributed by atoms with Gasteiger partial charge in [-0.3, -0.25) is 0 Å². The summed E-state index contributed by atoms with van der Waals surface area (Å²) in [6.07, 6.45) is 1.75. The van der Waals surface area contributed by atoms with Gasteiger partial charge in [0, 0.05) is 18.6 Å². The summed E-state index contributed by atoms with van der Waals surface area (Å²) >= 11 is 1.65. The van der Waals surface area contributed by atoms with Crippen LogP contribution in [0.4, 0.5) is 0 Å². The first kappa shape index (κ1) is 10.4. The van der Waals surface area contributed by atoms with Gasteiger partial charge in [-0.1, -0.05) is 11.8 Å². The van der Waals surface area contributed by atoms with Gasteiger partial charge in [0.1, 0.15) is 0 Å². The van der Waals surface area contributed by atoms with Gasteiger partial charge in [-0.25, -0.2) is 9.97 Å². The fourth-order valence-electron chi connectivity index (χ4n) is 1.23. The quantitative estimate of drug-likeness (QED) is 0.623. The zero-order chi connectivity index (χ0) is 10.5. The molecule has 0 aromatic carbocycles. The summed E-state index contributed by atoms with van der Waals surface area (Å²) in [5.74, 6) is 0.910. The molecule has 0 atom stereocenters. The Balaban J connectivity index is 1.97. The molecule has 0 saturated heterocycles. The second-order valence-corrected chi connectivity index (χ2v) is 4.05. The number of rotatable bonds is 5. The lowest BCUT2D eigenvalue weighted by atomic mass is 10.4. The number of thioether (sulfide) groups is 1. The SMILES string of the molecule is CCOCCSc1nc2ncccc2[nH]1. The lowest BCUT2D eigenvalue weighted by Crippen LogP contribution is -1.95. The molecule has 15 heavy (non-hydrogen) atoms. The number of ether oxygens (including phenoxy) is 1. The fourth-order valence-corrected chi connectivity index (χ4v) is 1.96. The normalized spacial score (nSPS) is 11.0. The van der Waals surface area contributed by atoms with E-state index in [4.69, 9.17) is 4.74 Å². The maximum atomic E-state index is 5.25. The van der Waals surface area contributed by atoms with Crippen molar-refractivity contribution in [2.75, 3.05) is 19.0 Å². The number of hydrogen-bond acceptors (Lipinski definition) is 4. The molecule has 2 heterocycles. The number of imidazole rings is 1. The predicted octanol–water partition coefficient (Wildman–Crippen LogP) is 2.09. The summed E-state index contributed by atoms with van der Waals surface area (Å²) in [5, 5.41) is 0.906. The molecule has 2 aromatic heterocycles. The number of aromatic nitrogens is 3. The van der Waals surface area contributed by atoms with Crippen molar-refractivity contribution in [3.05, 3.63) is 18.3 Å². The molecule has 0 aliphatic heterocycles. The van der Waals surface area contributed by atoms with Crippen molar-refractivity contribution in [3.8, 4) is 0 Å². The Morgan fingerprint density at radius 3 is 3.27 bits per heavy atom. The monoisotopic (exact) mass is 223 g/mol. The van der Waals surface area contributed by atoms with Crippen LogP contribution in [0.5, 0.6) is 0 Å². The Morgan fingerprint density at radius 1 is 1.53 bits per heavy atom. The molecule has 0 fully saturated rings. The van der Waals surface area contributed by atoms with Crippen LogP contribution in [0.1, 0.15) is 6.92 Å². The molecular formula is C10H13N3OS. The molecule has 1 N–H and O–H groups in total. The van der Waals surface area contributed by atoms with Gasteiger partial charge < -0.3 is 9.72 Å². The number of nitrogens with zero attached hydrogens (tertiary/aromatic N) is 2. The smallest absolute Gasteiger partial charge is 0.178 e. The summed E-state index contributed by atoms with van der Waals surface area (Å²) in [4.78, 5) is 11.7. The molecule has 0 aliphatic carbocycles. The molecule has 2 rings (SSSR count). The first-order valence-corrected chi connectivity index (χ1v) is 5.90. The molecule has 2 aromatic rings. The van der Waals surface area contributed by atoms with Gasteiger partial charge >= 0.3 is 0 Å². The van der Waals surface area contributed by atoms with Gasteiger partial charge in [0.15, 0.2) is 10.8 Å². The maximum absolute atomic E-state index is 5.25. The molecule has 0 radical (unpaired) electrons. The number of fused-ring (bicyclic) bond motifs is 1. The summed E-state index contributed by atoms with van der Waals surface area (Å²) in [7, 11) is 0. The van der Waals surface area contributed by atoms with Crippen LogP contribution < -0.4 is 0 Å². The molecule has 0 spiro atoms. The third-order valence-electron chi connectivity index (χ3n) is 1.91. The number of nitrogens with one attached hydrogen (secondary N) is 1. The Kier molecular flexibility index (Phi) is 3.58. The van der Waals surface area contributed by atoms with Gasteiger partial charge in [0.25, 0.3) is 0 Å². The highest BCUT2D eigenvalue weighted by Crippen LogP contribution is 2.17. The molecular weight excluding hydrogens is 210 g/mol. The maximum Gasteiger partial charge on any atom is 0.178 e. The van der Waals surface area contributed by atoms with Gasteiger partial charge in [-0.15, -0.1) is 0 Å². The van der Waals surface area contributed by atoms with Crippen LogP contribution >= 0.6 is 11.8 Å². The van der Waals surface area contributed by atoms with E-state index in [0.717, 1.165) is 35.3 Å². The number of pyridine rings is 1. The Bertz CT molecular complexity index is 396. The van der Waals surface area contributed by atoms with E-state index in [1.54, 1.807) is 18.0 Å². The molecule has 0 saturated carbocycles. The first-order valence-electron chi connectivity index (χ1n) is 4.91. The summed E-state index contributed by atoms with van der Waals surface area (Å²) < 4.78 is 5.25. The van der Waals surface area contributed by atoms with Gasteiger partial charge in [0.05, 0.1) is 12.1 Å². The molecule has 5 heteroatoms. The number of aromatic amines is 1. The summed E-state index contributed by atoms with van der Waals surface area (Å²) in [5.41, 5.74) is 1.76. The molecule has 0 bridgehead atoms. The third-order valence-corrected chi connectivity index (χ3v) is 2.74. The van der Waals surface area contributed by atoms with Crippen molar-refractivity contribution in [1.29, 1.82) is 0 Å². The van der Waals surface area contributed by atoms with E-state index < -0.39 is 0 Å². The predicted molar refractivity (Wildman–Crippen MR) is 61.1 cm³/mol. The average Bonchev–Trinajstić information content (AvgIpc) is 2.67. The second kappa shape index (κ2) is 5.14. The highest BCUT2D eigenvalue weighted by Gasteiger charge is 2.02. The van der Waals surface area contributed by atoms with E-state index in [9.17, 15) is 0 Å². The minimum absolute atomic E-state index is 0.756. The van der Waals surface area contributed by atoms with Crippen LogP contribution in [-0.4, -0.2) is 33.9 Å².